The molecule has 4 rings (SSSR count). The van der Waals surface area contributed by atoms with Crippen molar-refractivity contribution in [2.75, 3.05) is 11.9 Å². The molecule has 9 heteroatoms. The number of anilines is 1. The third-order valence-electron chi connectivity index (χ3n) is 5.09. The molecule has 1 N–H and O–H groups in total. The van der Waals surface area contributed by atoms with Gasteiger partial charge in [0.15, 0.2) is 18.2 Å². The molecule has 0 spiro atoms. The van der Waals surface area contributed by atoms with E-state index in [0.29, 0.717) is 16.8 Å². The van der Waals surface area contributed by atoms with Gasteiger partial charge in [0.25, 0.3) is 5.91 Å². The van der Waals surface area contributed by atoms with Gasteiger partial charge in [0.1, 0.15) is 0 Å². The van der Waals surface area contributed by atoms with E-state index in [1.165, 1.54) is 22.8 Å². The van der Waals surface area contributed by atoms with Crippen LogP contribution in [0.25, 0.3) is 0 Å². The van der Waals surface area contributed by atoms with Gasteiger partial charge in [-0.3, -0.25) is 24.0 Å². The highest BCUT2D eigenvalue weighted by molar-refractivity contribution is 7.07. The van der Waals surface area contributed by atoms with Crippen LogP contribution in [-0.4, -0.2) is 34.6 Å². The third-order valence-corrected chi connectivity index (χ3v) is 5.97. The van der Waals surface area contributed by atoms with E-state index >= 15 is 0 Å². The molecular weight excluding hydrogens is 432 g/mol. The summed E-state index contributed by atoms with van der Waals surface area (Å²) in [6.07, 6.45) is -0.0420. The number of esters is 1. The summed E-state index contributed by atoms with van der Waals surface area (Å²) in [6, 6.07) is 11.0. The lowest BCUT2D eigenvalue weighted by Crippen LogP contribution is -2.24. The molecule has 1 aromatic heterocycles. The molecule has 162 valence electrons. The Hall–Kier alpha value is -3.85. The van der Waals surface area contributed by atoms with Crippen LogP contribution in [0, 0.1) is 6.92 Å². The smallest absolute Gasteiger partial charge is 0.308 e. The molecule has 0 radical (unpaired) electrons. The van der Waals surface area contributed by atoms with Crippen molar-refractivity contribution < 1.29 is 23.9 Å². The van der Waals surface area contributed by atoms with Crippen molar-refractivity contribution in [1.29, 1.82) is 0 Å². The van der Waals surface area contributed by atoms with E-state index in [-0.39, 0.29) is 40.5 Å². The number of nitrogens with zero attached hydrogens (tertiary/aromatic N) is 1. The van der Waals surface area contributed by atoms with Crippen LogP contribution in [0.2, 0.25) is 0 Å². The Kier molecular flexibility index (Phi) is 5.83. The molecule has 32 heavy (non-hydrogen) atoms. The predicted octanol–water partition coefficient (Wildman–Crippen LogP) is 2.57. The van der Waals surface area contributed by atoms with Gasteiger partial charge in [-0.05, 0) is 25.1 Å². The topological polar surface area (TPSA) is 112 Å². The van der Waals surface area contributed by atoms with Gasteiger partial charge in [-0.2, -0.15) is 0 Å². The number of hydrogen-bond acceptors (Lipinski definition) is 7. The fraction of sp³-hybridized carbons (Fsp3) is 0.174. The minimum atomic E-state index is -0.611. The summed E-state index contributed by atoms with van der Waals surface area (Å²) in [5.41, 5.74) is 2.23. The first-order chi connectivity index (χ1) is 15.3. The Morgan fingerprint density at radius 2 is 1.62 bits per heavy atom. The minimum Gasteiger partial charge on any atom is -0.456 e. The fourth-order valence-corrected chi connectivity index (χ4v) is 4.23. The molecular formula is C23H18N2O6S. The van der Waals surface area contributed by atoms with Crippen molar-refractivity contribution in [3.05, 3.63) is 85.5 Å². The largest absolute Gasteiger partial charge is 0.456 e. The summed E-state index contributed by atoms with van der Waals surface area (Å²) in [5, 5.41) is 4.27. The van der Waals surface area contributed by atoms with Crippen LogP contribution in [0.5, 0.6) is 0 Å². The Labute approximate surface area is 186 Å². The quantitative estimate of drug-likeness (QED) is 0.452. The van der Waals surface area contributed by atoms with Gasteiger partial charge in [-0.1, -0.05) is 35.6 Å². The van der Waals surface area contributed by atoms with Crippen LogP contribution in [0.3, 0.4) is 0 Å². The van der Waals surface area contributed by atoms with Crippen LogP contribution in [0.1, 0.15) is 44.0 Å². The van der Waals surface area contributed by atoms with Crippen LogP contribution >= 0.6 is 11.3 Å². The number of benzene rings is 2. The molecule has 0 atom stereocenters. The number of ether oxygens (including phenoxy) is 1. The molecule has 1 aliphatic carbocycles. The normalized spacial score (nSPS) is 12.2. The molecule has 0 unspecified atom stereocenters. The molecule has 1 amide bonds. The number of carbonyl (C=O) groups excluding carboxylic acids is 4. The molecule has 2 aromatic carbocycles. The third kappa shape index (κ3) is 4.15. The number of carbonyl (C=O) groups is 4. The maximum atomic E-state index is 12.8. The summed E-state index contributed by atoms with van der Waals surface area (Å²) < 4.78 is 6.44. The van der Waals surface area contributed by atoms with Crippen molar-refractivity contribution in [1.82, 2.24) is 4.57 Å². The Balaban J connectivity index is 1.36. The number of thiazole rings is 1. The number of nitrogens with one attached hydrogen (secondary N) is 1. The zero-order valence-electron chi connectivity index (χ0n) is 17.0. The van der Waals surface area contributed by atoms with Crippen LogP contribution < -0.4 is 10.2 Å². The molecule has 1 aliphatic rings. The Morgan fingerprint density at radius 3 is 2.28 bits per heavy atom. The van der Waals surface area contributed by atoms with Crippen molar-refractivity contribution in [3.8, 4) is 0 Å². The van der Waals surface area contributed by atoms with Crippen molar-refractivity contribution in [2.24, 2.45) is 0 Å². The first kappa shape index (κ1) is 21.4. The fourth-order valence-electron chi connectivity index (χ4n) is 3.47. The molecule has 3 aromatic rings. The summed E-state index contributed by atoms with van der Waals surface area (Å²) >= 11 is 1.05. The summed E-state index contributed by atoms with van der Waals surface area (Å²) in [5.74, 6) is -1.74. The number of fused-ring (bicyclic) bond motifs is 2. The van der Waals surface area contributed by atoms with Crippen LogP contribution in [-0.2, 0) is 20.9 Å². The van der Waals surface area contributed by atoms with Gasteiger partial charge in [0.2, 0.25) is 0 Å². The monoisotopic (exact) mass is 450 g/mol. The van der Waals surface area contributed by atoms with Gasteiger partial charge in [0.05, 0.1) is 6.42 Å². The second kappa shape index (κ2) is 8.72. The zero-order valence-corrected chi connectivity index (χ0v) is 17.9. The number of aromatic nitrogens is 1. The van der Waals surface area contributed by atoms with Gasteiger partial charge in [-0.15, -0.1) is 0 Å². The zero-order chi connectivity index (χ0) is 22.8. The minimum absolute atomic E-state index is 0.0420. The summed E-state index contributed by atoms with van der Waals surface area (Å²) in [7, 11) is 0. The van der Waals surface area contributed by atoms with Crippen molar-refractivity contribution in [3.63, 3.8) is 0 Å². The number of amides is 1. The van der Waals surface area contributed by atoms with E-state index in [9.17, 15) is 24.0 Å². The maximum Gasteiger partial charge on any atom is 0.308 e. The molecule has 0 saturated heterocycles. The van der Waals surface area contributed by atoms with Gasteiger partial charge in [0, 0.05) is 45.6 Å². The number of aryl methyl sites for hydroxylation is 1. The molecule has 0 saturated carbocycles. The first-order valence-corrected chi connectivity index (χ1v) is 10.7. The highest BCUT2D eigenvalue weighted by Gasteiger charge is 2.29. The van der Waals surface area contributed by atoms with Crippen LogP contribution in [0.15, 0.2) is 52.6 Å². The lowest BCUT2D eigenvalue weighted by atomic mass is 9.84. The predicted molar refractivity (Wildman–Crippen MR) is 117 cm³/mol. The molecule has 0 bridgehead atoms. The van der Waals surface area contributed by atoms with Gasteiger partial charge >= 0.3 is 10.8 Å². The standard InChI is InChI=1S/C23H18N2O6S/c1-13-12-32-23(30)25(13)9-8-20(27)31-11-19(26)24-14-6-7-17-18(10-14)22(29)16-5-3-2-4-15(16)21(17)28/h2-7,10,12H,8-9,11H2,1H3,(H,24,26). The highest BCUT2D eigenvalue weighted by atomic mass is 32.1. The second-order valence-electron chi connectivity index (χ2n) is 7.22. The number of ketones is 2. The van der Waals surface area contributed by atoms with E-state index < -0.39 is 18.5 Å². The SMILES string of the molecule is Cc1csc(=O)n1CCC(=O)OCC(=O)Nc1ccc2c(c1)C(=O)c1ccccc1C2=O. The molecule has 0 aliphatic heterocycles. The molecule has 0 fully saturated rings. The maximum absolute atomic E-state index is 12.8. The lowest BCUT2D eigenvalue weighted by molar-refractivity contribution is -0.147. The van der Waals surface area contributed by atoms with E-state index in [1.54, 1.807) is 36.6 Å². The van der Waals surface area contributed by atoms with E-state index in [1.807, 2.05) is 0 Å². The van der Waals surface area contributed by atoms with Crippen molar-refractivity contribution in [2.45, 2.75) is 19.9 Å². The Morgan fingerprint density at radius 1 is 0.969 bits per heavy atom. The molecule has 8 nitrogen and oxygen atoms in total. The van der Waals surface area contributed by atoms with Crippen LogP contribution in [0.4, 0.5) is 5.69 Å². The van der Waals surface area contributed by atoms with E-state index in [0.717, 1.165) is 17.0 Å². The highest BCUT2D eigenvalue weighted by Crippen LogP contribution is 2.29. The summed E-state index contributed by atoms with van der Waals surface area (Å²) in [4.78, 5) is 61.0. The van der Waals surface area contributed by atoms with E-state index in [4.69, 9.17) is 4.74 Å². The van der Waals surface area contributed by atoms with E-state index in [2.05, 4.69) is 5.32 Å². The first-order valence-electron chi connectivity index (χ1n) is 9.78. The second-order valence-corrected chi connectivity index (χ2v) is 8.04. The number of rotatable bonds is 6. The van der Waals surface area contributed by atoms with Gasteiger partial charge in [-0.25, -0.2) is 0 Å². The molecule has 1 heterocycles. The number of hydrogen-bond donors (Lipinski definition) is 1. The average Bonchev–Trinajstić information content (AvgIpc) is 3.11. The Bertz CT molecular complexity index is 1320. The summed E-state index contributed by atoms with van der Waals surface area (Å²) in [6.45, 7) is 1.44. The average molecular weight is 450 g/mol. The van der Waals surface area contributed by atoms with Crippen molar-refractivity contribution >= 4 is 40.5 Å². The lowest BCUT2D eigenvalue weighted by Gasteiger charge is -2.18. The van der Waals surface area contributed by atoms with Gasteiger partial charge < -0.3 is 14.6 Å².